The number of halogens is 1. The normalized spacial score (nSPS) is 14.7. The standard InChI is InChI=1S/C22H24FN5O2S/c1-15-7-8-17(13-16(15)2)31(29,30)20-14-25-22(26-21(20)24)28-11-9-27(10-12-28)19-6-4-3-5-18(19)23/h3-8,13-14H,9-12H2,1-2H3,(H2,24,25,26). The molecule has 0 spiro atoms. The highest BCUT2D eigenvalue weighted by Gasteiger charge is 2.25. The molecule has 1 aromatic heterocycles. The fourth-order valence-corrected chi connectivity index (χ4v) is 4.94. The Hall–Kier alpha value is -3.20. The van der Waals surface area contributed by atoms with E-state index in [9.17, 15) is 12.8 Å². The first-order valence-electron chi connectivity index (χ1n) is 9.96. The molecule has 1 fully saturated rings. The number of anilines is 3. The minimum Gasteiger partial charge on any atom is -0.382 e. The van der Waals surface area contributed by atoms with E-state index in [0.29, 0.717) is 37.8 Å². The van der Waals surface area contributed by atoms with Gasteiger partial charge < -0.3 is 15.5 Å². The molecule has 3 aromatic rings. The molecule has 1 saturated heterocycles. The van der Waals surface area contributed by atoms with Gasteiger partial charge in [0.15, 0.2) is 0 Å². The molecule has 0 unspecified atom stereocenters. The molecule has 1 aliphatic rings. The van der Waals surface area contributed by atoms with Gasteiger partial charge >= 0.3 is 0 Å². The second-order valence-corrected chi connectivity index (χ2v) is 9.51. The van der Waals surface area contributed by atoms with Crippen molar-refractivity contribution in [3.63, 3.8) is 0 Å². The summed E-state index contributed by atoms with van der Waals surface area (Å²) in [5.74, 6) is 0.0295. The van der Waals surface area contributed by atoms with E-state index in [-0.39, 0.29) is 21.4 Å². The van der Waals surface area contributed by atoms with Crippen molar-refractivity contribution in [2.45, 2.75) is 23.6 Å². The molecule has 0 radical (unpaired) electrons. The Balaban J connectivity index is 1.53. The number of nitrogens with zero attached hydrogens (tertiary/aromatic N) is 4. The predicted octanol–water partition coefficient (Wildman–Crippen LogP) is 2.97. The Bertz CT molecular complexity index is 1220. The lowest BCUT2D eigenvalue weighted by Gasteiger charge is -2.36. The lowest BCUT2D eigenvalue weighted by atomic mass is 10.1. The van der Waals surface area contributed by atoms with Gasteiger partial charge in [0.05, 0.1) is 16.8 Å². The third kappa shape index (κ3) is 4.05. The third-order valence-corrected chi connectivity index (χ3v) is 7.37. The van der Waals surface area contributed by atoms with Gasteiger partial charge in [-0.1, -0.05) is 18.2 Å². The molecule has 0 saturated carbocycles. The van der Waals surface area contributed by atoms with Crippen molar-refractivity contribution in [1.29, 1.82) is 0 Å². The van der Waals surface area contributed by atoms with Gasteiger partial charge in [-0.3, -0.25) is 0 Å². The van der Waals surface area contributed by atoms with Crippen LogP contribution in [0, 0.1) is 19.7 Å². The first kappa shape index (κ1) is 21.0. The van der Waals surface area contributed by atoms with E-state index in [1.165, 1.54) is 12.3 Å². The van der Waals surface area contributed by atoms with Crippen LogP contribution in [0.25, 0.3) is 0 Å². The Kier molecular flexibility index (Phi) is 5.53. The lowest BCUT2D eigenvalue weighted by molar-refractivity contribution is 0.592. The Morgan fingerprint density at radius 3 is 2.29 bits per heavy atom. The first-order chi connectivity index (χ1) is 14.8. The molecule has 1 aliphatic heterocycles. The fraction of sp³-hybridized carbons (Fsp3) is 0.273. The molecule has 0 atom stereocenters. The van der Waals surface area contributed by atoms with Crippen LogP contribution in [0.4, 0.5) is 21.8 Å². The van der Waals surface area contributed by atoms with Gasteiger partial charge in [0, 0.05) is 26.2 Å². The highest BCUT2D eigenvalue weighted by molar-refractivity contribution is 7.91. The van der Waals surface area contributed by atoms with Crippen molar-refractivity contribution < 1.29 is 12.8 Å². The van der Waals surface area contributed by atoms with E-state index >= 15 is 0 Å². The summed E-state index contributed by atoms with van der Waals surface area (Å²) in [5, 5.41) is 0. The van der Waals surface area contributed by atoms with E-state index in [2.05, 4.69) is 9.97 Å². The molecule has 2 aromatic carbocycles. The first-order valence-corrected chi connectivity index (χ1v) is 11.4. The summed E-state index contributed by atoms with van der Waals surface area (Å²) < 4.78 is 40.1. The fourth-order valence-electron chi connectivity index (χ4n) is 3.60. The Labute approximate surface area is 181 Å². The summed E-state index contributed by atoms with van der Waals surface area (Å²) in [4.78, 5) is 12.5. The molecule has 0 bridgehead atoms. The molecule has 2 N–H and O–H groups in total. The van der Waals surface area contributed by atoms with E-state index < -0.39 is 9.84 Å². The van der Waals surface area contributed by atoms with E-state index in [4.69, 9.17) is 5.73 Å². The van der Waals surface area contributed by atoms with Gasteiger partial charge in [0.1, 0.15) is 16.5 Å². The molecule has 2 heterocycles. The zero-order valence-electron chi connectivity index (χ0n) is 17.4. The number of nitrogens with two attached hydrogens (primary N) is 1. The van der Waals surface area contributed by atoms with E-state index in [1.807, 2.05) is 29.7 Å². The third-order valence-electron chi connectivity index (χ3n) is 5.60. The Morgan fingerprint density at radius 1 is 0.968 bits per heavy atom. The van der Waals surface area contributed by atoms with Crippen LogP contribution in [0.15, 0.2) is 58.5 Å². The van der Waals surface area contributed by atoms with E-state index in [1.54, 1.807) is 30.3 Å². The second kappa shape index (κ2) is 8.14. The number of piperazine rings is 1. The van der Waals surface area contributed by atoms with E-state index in [0.717, 1.165) is 11.1 Å². The van der Waals surface area contributed by atoms with Gasteiger partial charge in [-0.25, -0.2) is 17.8 Å². The van der Waals surface area contributed by atoms with Gasteiger partial charge in [-0.15, -0.1) is 0 Å². The highest BCUT2D eigenvalue weighted by atomic mass is 32.2. The van der Waals surface area contributed by atoms with Crippen molar-refractivity contribution in [1.82, 2.24) is 9.97 Å². The number of hydrogen-bond donors (Lipinski definition) is 1. The minimum atomic E-state index is -3.82. The summed E-state index contributed by atoms with van der Waals surface area (Å²) in [6, 6.07) is 11.6. The Morgan fingerprint density at radius 2 is 1.65 bits per heavy atom. The summed E-state index contributed by atoms with van der Waals surface area (Å²) in [6.45, 7) is 6.09. The van der Waals surface area contributed by atoms with Crippen LogP contribution in [-0.2, 0) is 9.84 Å². The number of nitrogen functional groups attached to an aromatic ring is 1. The molecule has 9 heteroatoms. The summed E-state index contributed by atoms with van der Waals surface area (Å²) >= 11 is 0. The molecular formula is C22H24FN5O2S. The van der Waals surface area contributed by atoms with Crippen molar-refractivity contribution in [3.05, 3.63) is 65.6 Å². The molecule has 0 aliphatic carbocycles. The number of hydrogen-bond acceptors (Lipinski definition) is 7. The van der Waals surface area contributed by atoms with Crippen molar-refractivity contribution >= 4 is 27.3 Å². The predicted molar refractivity (Wildman–Crippen MR) is 119 cm³/mol. The van der Waals surface area contributed by atoms with Crippen LogP contribution in [-0.4, -0.2) is 44.6 Å². The van der Waals surface area contributed by atoms with Crippen molar-refractivity contribution in [3.8, 4) is 0 Å². The SMILES string of the molecule is Cc1ccc(S(=O)(=O)c2cnc(N3CCN(c4ccccc4F)CC3)nc2N)cc1C. The van der Waals surface area contributed by atoms with Gasteiger partial charge in [-0.2, -0.15) is 4.98 Å². The number of sulfone groups is 1. The van der Waals surface area contributed by atoms with Crippen molar-refractivity contribution in [2.75, 3.05) is 41.7 Å². The summed E-state index contributed by atoms with van der Waals surface area (Å²) in [5.41, 5.74) is 8.49. The maximum atomic E-state index is 14.0. The quantitative estimate of drug-likeness (QED) is 0.665. The zero-order chi connectivity index (χ0) is 22.2. The van der Waals surface area contributed by atoms with Gasteiger partial charge in [-0.05, 0) is 49.2 Å². The van der Waals surface area contributed by atoms with Gasteiger partial charge in [0.2, 0.25) is 15.8 Å². The highest BCUT2D eigenvalue weighted by Crippen LogP contribution is 2.27. The lowest BCUT2D eigenvalue weighted by Crippen LogP contribution is -2.47. The van der Waals surface area contributed by atoms with Crippen LogP contribution >= 0.6 is 0 Å². The van der Waals surface area contributed by atoms with Crippen LogP contribution in [0.3, 0.4) is 0 Å². The average molecular weight is 442 g/mol. The molecule has 162 valence electrons. The van der Waals surface area contributed by atoms with Crippen LogP contribution in [0.1, 0.15) is 11.1 Å². The number of rotatable bonds is 4. The minimum absolute atomic E-state index is 0.0836. The maximum Gasteiger partial charge on any atom is 0.227 e. The number of aryl methyl sites for hydroxylation is 2. The largest absolute Gasteiger partial charge is 0.382 e. The summed E-state index contributed by atoms with van der Waals surface area (Å²) in [7, 11) is -3.82. The number of aromatic nitrogens is 2. The van der Waals surface area contributed by atoms with Crippen molar-refractivity contribution in [2.24, 2.45) is 0 Å². The number of benzene rings is 2. The second-order valence-electron chi connectivity index (χ2n) is 7.59. The monoisotopic (exact) mass is 441 g/mol. The molecule has 0 amide bonds. The molecule has 7 nitrogen and oxygen atoms in total. The molecule has 31 heavy (non-hydrogen) atoms. The average Bonchev–Trinajstić information content (AvgIpc) is 2.76. The molecule has 4 rings (SSSR count). The molecular weight excluding hydrogens is 417 g/mol. The maximum absolute atomic E-state index is 14.0. The zero-order valence-corrected chi connectivity index (χ0v) is 18.2. The van der Waals surface area contributed by atoms with Crippen LogP contribution < -0.4 is 15.5 Å². The smallest absolute Gasteiger partial charge is 0.227 e. The van der Waals surface area contributed by atoms with Crippen LogP contribution in [0.5, 0.6) is 0 Å². The van der Waals surface area contributed by atoms with Gasteiger partial charge in [0.25, 0.3) is 0 Å². The number of para-hydroxylation sites is 1. The van der Waals surface area contributed by atoms with Crippen LogP contribution in [0.2, 0.25) is 0 Å². The summed E-state index contributed by atoms with van der Waals surface area (Å²) in [6.07, 6.45) is 1.27. The topological polar surface area (TPSA) is 92.4 Å².